The summed E-state index contributed by atoms with van der Waals surface area (Å²) in [6, 6.07) is 16.7. The van der Waals surface area contributed by atoms with Gasteiger partial charge in [0.1, 0.15) is 5.82 Å². The third-order valence-corrected chi connectivity index (χ3v) is 7.32. The molecule has 0 radical (unpaired) electrons. The number of benzene rings is 2. The van der Waals surface area contributed by atoms with Gasteiger partial charge in [0.15, 0.2) is 5.69 Å². The van der Waals surface area contributed by atoms with Crippen molar-refractivity contribution in [3.05, 3.63) is 85.5 Å². The summed E-state index contributed by atoms with van der Waals surface area (Å²) in [7, 11) is 0. The van der Waals surface area contributed by atoms with Crippen molar-refractivity contribution >= 4 is 44.9 Å². The second-order valence-electron chi connectivity index (χ2n) is 9.66. The number of nitrogens with one attached hydrogen (secondary N) is 2. The average Bonchev–Trinajstić information content (AvgIpc) is 2.91. The summed E-state index contributed by atoms with van der Waals surface area (Å²) in [6.45, 7) is 3.57. The molecule has 39 heavy (non-hydrogen) atoms. The van der Waals surface area contributed by atoms with Crippen molar-refractivity contribution in [3.8, 4) is 0 Å². The Hall–Kier alpha value is -3.70. The fraction of sp³-hybridized carbons (Fsp3) is 0.357. The van der Waals surface area contributed by atoms with Crippen LogP contribution in [0.4, 0.5) is 17.2 Å². The number of piperidine rings is 1. The lowest BCUT2D eigenvalue weighted by Crippen LogP contribution is -2.47. The molecule has 0 bridgehead atoms. The number of nitrogen functional groups attached to an aromatic ring is 1. The molecule has 3 aromatic rings. The Morgan fingerprint density at radius 2 is 1.82 bits per heavy atom. The molecule has 0 atom stereocenters. The van der Waals surface area contributed by atoms with Crippen LogP contribution in [-0.2, 0) is 16.1 Å². The predicted molar refractivity (Wildman–Crippen MR) is 156 cm³/mol. The van der Waals surface area contributed by atoms with E-state index in [1.807, 2.05) is 66.4 Å². The molecule has 1 aromatic heterocycles. The molecule has 0 saturated carbocycles. The van der Waals surface area contributed by atoms with Crippen LogP contribution < -0.4 is 27.2 Å². The molecule has 1 aliphatic heterocycles. The molecule has 2 heterocycles. The number of nitrogens with two attached hydrogens (primary N) is 1. The van der Waals surface area contributed by atoms with Crippen molar-refractivity contribution in [3.63, 3.8) is 0 Å². The molecular formula is C28H33BrN6O4. The molecule has 1 aliphatic rings. The first-order chi connectivity index (χ1) is 18.8. The third kappa shape index (κ3) is 7.04. The maximum atomic E-state index is 13.5. The first-order valence-corrected chi connectivity index (χ1v) is 13.8. The van der Waals surface area contributed by atoms with Crippen LogP contribution in [0.3, 0.4) is 0 Å². The number of likely N-dealkylation sites (tertiary alicyclic amines) is 1. The van der Waals surface area contributed by atoms with Gasteiger partial charge in [-0.05, 0) is 56.1 Å². The molecule has 0 aliphatic carbocycles. The Kier molecular flexibility index (Phi) is 9.36. The van der Waals surface area contributed by atoms with Crippen molar-refractivity contribution < 1.29 is 9.59 Å². The molecule has 206 valence electrons. The van der Waals surface area contributed by atoms with E-state index in [0.717, 1.165) is 15.7 Å². The largest absolute Gasteiger partial charge is 0.383 e. The van der Waals surface area contributed by atoms with E-state index in [9.17, 15) is 19.2 Å². The topological polar surface area (TPSA) is 134 Å². The molecule has 1 saturated heterocycles. The highest BCUT2D eigenvalue weighted by molar-refractivity contribution is 9.10. The van der Waals surface area contributed by atoms with Gasteiger partial charge >= 0.3 is 5.69 Å². The Balaban J connectivity index is 1.44. The lowest BCUT2D eigenvalue weighted by molar-refractivity contribution is -0.122. The number of carbonyl (C=O) groups excluding carboxylic acids is 2. The minimum atomic E-state index is -0.688. The van der Waals surface area contributed by atoms with Crippen molar-refractivity contribution in [1.29, 1.82) is 0 Å². The fourth-order valence-electron chi connectivity index (χ4n) is 4.79. The molecule has 2 aromatic carbocycles. The number of halogens is 1. The quantitative estimate of drug-likeness (QED) is 0.348. The number of anilines is 3. The van der Waals surface area contributed by atoms with Gasteiger partial charge < -0.3 is 16.0 Å². The number of aromatic nitrogens is 2. The summed E-state index contributed by atoms with van der Waals surface area (Å²) in [5, 5.41) is 2.96. The van der Waals surface area contributed by atoms with Gasteiger partial charge in [-0.2, -0.15) is 0 Å². The Morgan fingerprint density at radius 1 is 1.10 bits per heavy atom. The van der Waals surface area contributed by atoms with Crippen molar-refractivity contribution in [2.45, 2.75) is 32.7 Å². The molecule has 0 spiro atoms. The fourth-order valence-corrected chi connectivity index (χ4v) is 5.19. The Bertz CT molecular complexity index is 1430. The standard InChI is InChI=1S/C28H33BrN6O4/c1-2-13-34(24-25(30)35(28(39)32-27(24)38)17-19-7-4-3-5-8-19)23(36)18-33-14-11-20(12-15-33)26(37)31-22-10-6-9-21(29)16-22/h3-10,16,20H,2,11-15,17-18,30H2,1H3,(H,31,37)(H,32,38,39). The molecule has 2 amide bonds. The van der Waals surface area contributed by atoms with Crippen molar-refractivity contribution in [1.82, 2.24) is 14.5 Å². The normalized spacial score (nSPS) is 14.2. The summed E-state index contributed by atoms with van der Waals surface area (Å²) in [6.07, 6.45) is 1.83. The van der Waals surface area contributed by atoms with Gasteiger partial charge in [0.2, 0.25) is 11.8 Å². The van der Waals surface area contributed by atoms with Crippen LogP contribution in [-0.4, -0.2) is 52.4 Å². The van der Waals surface area contributed by atoms with Crippen LogP contribution >= 0.6 is 15.9 Å². The van der Waals surface area contributed by atoms with Crippen LogP contribution in [0.1, 0.15) is 31.7 Å². The van der Waals surface area contributed by atoms with Gasteiger partial charge in [0.25, 0.3) is 5.56 Å². The van der Waals surface area contributed by atoms with Gasteiger partial charge in [-0.25, -0.2) is 4.79 Å². The Labute approximate surface area is 234 Å². The van der Waals surface area contributed by atoms with E-state index in [4.69, 9.17) is 5.73 Å². The lowest BCUT2D eigenvalue weighted by Gasteiger charge is -2.32. The number of rotatable bonds is 9. The lowest BCUT2D eigenvalue weighted by atomic mass is 9.95. The van der Waals surface area contributed by atoms with Crippen LogP contribution in [0.5, 0.6) is 0 Å². The van der Waals surface area contributed by atoms with Gasteiger partial charge in [-0.1, -0.05) is 59.3 Å². The number of nitrogens with zero attached hydrogens (tertiary/aromatic N) is 3. The summed E-state index contributed by atoms with van der Waals surface area (Å²) < 4.78 is 2.16. The van der Waals surface area contributed by atoms with Gasteiger partial charge in [0.05, 0.1) is 13.1 Å². The number of aromatic amines is 1. The van der Waals surface area contributed by atoms with Crippen LogP contribution in [0.25, 0.3) is 0 Å². The zero-order chi connectivity index (χ0) is 27.9. The van der Waals surface area contributed by atoms with E-state index in [-0.39, 0.29) is 48.9 Å². The summed E-state index contributed by atoms with van der Waals surface area (Å²) in [4.78, 5) is 57.3. The maximum Gasteiger partial charge on any atom is 0.330 e. The minimum Gasteiger partial charge on any atom is -0.383 e. The average molecular weight is 598 g/mol. The second-order valence-corrected chi connectivity index (χ2v) is 10.6. The summed E-state index contributed by atoms with van der Waals surface area (Å²) in [5.74, 6) is -0.512. The monoisotopic (exact) mass is 596 g/mol. The summed E-state index contributed by atoms with van der Waals surface area (Å²) in [5.41, 5.74) is 6.59. The van der Waals surface area contributed by atoms with Gasteiger partial charge in [-0.3, -0.25) is 28.8 Å². The smallest absolute Gasteiger partial charge is 0.330 e. The van der Waals surface area contributed by atoms with E-state index >= 15 is 0 Å². The predicted octanol–water partition coefficient (Wildman–Crippen LogP) is 3.02. The highest BCUT2D eigenvalue weighted by Crippen LogP contribution is 2.23. The molecule has 10 nitrogen and oxygen atoms in total. The number of amides is 2. The van der Waals surface area contributed by atoms with E-state index in [1.54, 1.807) is 0 Å². The second kappa shape index (κ2) is 12.9. The highest BCUT2D eigenvalue weighted by Gasteiger charge is 2.29. The van der Waals surface area contributed by atoms with Crippen LogP contribution in [0.15, 0.2) is 68.7 Å². The highest BCUT2D eigenvalue weighted by atomic mass is 79.9. The first-order valence-electron chi connectivity index (χ1n) is 13.0. The first kappa shape index (κ1) is 28.3. The van der Waals surface area contributed by atoms with E-state index in [0.29, 0.717) is 32.4 Å². The number of carbonyl (C=O) groups is 2. The summed E-state index contributed by atoms with van der Waals surface area (Å²) >= 11 is 3.41. The molecule has 4 N–H and O–H groups in total. The van der Waals surface area contributed by atoms with Crippen molar-refractivity contribution in [2.24, 2.45) is 5.92 Å². The zero-order valence-electron chi connectivity index (χ0n) is 21.9. The zero-order valence-corrected chi connectivity index (χ0v) is 23.4. The van der Waals surface area contributed by atoms with Crippen LogP contribution in [0.2, 0.25) is 0 Å². The minimum absolute atomic E-state index is 0.0133. The molecular weight excluding hydrogens is 564 g/mol. The molecule has 0 unspecified atom stereocenters. The van der Waals surface area contributed by atoms with E-state index < -0.39 is 11.2 Å². The SMILES string of the molecule is CCCN(C(=O)CN1CCC(C(=O)Nc2cccc(Br)c2)CC1)c1c(N)n(Cc2ccccc2)c(=O)[nH]c1=O. The molecule has 11 heteroatoms. The van der Waals surface area contributed by atoms with Gasteiger partial charge in [-0.15, -0.1) is 0 Å². The van der Waals surface area contributed by atoms with E-state index in [1.165, 1.54) is 9.47 Å². The van der Waals surface area contributed by atoms with E-state index in [2.05, 4.69) is 26.2 Å². The number of H-pyrrole nitrogens is 1. The maximum absolute atomic E-state index is 13.5. The third-order valence-electron chi connectivity index (χ3n) is 6.83. The molecule has 1 fully saturated rings. The van der Waals surface area contributed by atoms with Crippen LogP contribution in [0, 0.1) is 5.92 Å². The van der Waals surface area contributed by atoms with Crippen molar-refractivity contribution in [2.75, 3.05) is 42.1 Å². The number of hydrogen-bond acceptors (Lipinski definition) is 6. The Morgan fingerprint density at radius 3 is 2.49 bits per heavy atom. The molecule has 4 rings (SSSR count). The van der Waals surface area contributed by atoms with Gasteiger partial charge in [0, 0.05) is 22.6 Å². The number of hydrogen-bond donors (Lipinski definition) is 3.